The van der Waals surface area contributed by atoms with Crippen molar-refractivity contribution in [2.75, 3.05) is 63.9 Å². The van der Waals surface area contributed by atoms with E-state index in [0.29, 0.717) is 5.02 Å². The first-order chi connectivity index (χ1) is 13.1. The van der Waals surface area contributed by atoms with E-state index in [0.717, 1.165) is 88.7 Å². The lowest BCUT2D eigenvalue weighted by atomic mass is 9.84. The van der Waals surface area contributed by atoms with Gasteiger partial charge in [-0.25, -0.2) is 0 Å². The molecule has 0 radical (unpaired) electrons. The molecule has 2 N–H and O–H groups in total. The molecule has 7 heteroatoms. The summed E-state index contributed by atoms with van der Waals surface area (Å²) >= 11 is 14.6. The van der Waals surface area contributed by atoms with E-state index in [1.807, 2.05) is 24.3 Å². The molecule has 1 fully saturated rings. The highest BCUT2D eigenvalue weighted by Crippen LogP contribution is 2.33. The van der Waals surface area contributed by atoms with Crippen LogP contribution in [-0.4, -0.2) is 78.8 Å². The third-order valence-electron chi connectivity index (χ3n) is 5.32. The molecule has 1 aromatic rings. The Morgan fingerprint density at radius 2 is 1.74 bits per heavy atom. The smallest absolute Gasteiger partial charge is 0.0920 e. The molecule has 0 aromatic heterocycles. The van der Waals surface area contributed by atoms with Gasteiger partial charge in [0.2, 0.25) is 0 Å². The molecule has 0 atom stereocenters. The van der Waals surface area contributed by atoms with Crippen LogP contribution < -0.4 is 5.32 Å². The normalized spacial score (nSPS) is 17.5. The molecule has 0 amide bonds. The zero-order valence-corrected chi connectivity index (χ0v) is 18.7. The Labute approximate surface area is 180 Å². The van der Waals surface area contributed by atoms with Crippen LogP contribution in [0.5, 0.6) is 0 Å². The Morgan fingerprint density at radius 1 is 1.04 bits per heavy atom. The largest absolute Gasteiger partial charge is 0.385 e. The number of hydrogen-bond acceptors (Lipinski definition) is 6. The fraction of sp³-hybridized carbons (Fsp3) is 0.700. The molecule has 27 heavy (non-hydrogen) atoms. The summed E-state index contributed by atoms with van der Waals surface area (Å²) in [5.41, 5.74) is 0.276. The molecule has 0 bridgehead atoms. The van der Waals surface area contributed by atoms with E-state index in [1.54, 1.807) is 0 Å². The zero-order valence-electron chi connectivity index (χ0n) is 16.1. The van der Waals surface area contributed by atoms with Gasteiger partial charge in [0, 0.05) is 55.8 Å². The summed E-state index contributed by atoms with van der Waals surface area (Å²) in [6.07, 6.45) is 2.71. The molecule has 0 spiro atoms. The van der Waals surface area contributed by atoms with Crippen LogP contribution in [0, 0.1) is 0 Å². The zero-order chi connectivity index (χ0) is 19.5. The topological polar surface area (TPSA) is 38.7 Å². The number of hydrogen-bond donors (Lipinski definition) is 4. The Morgan fingerprint density at radius 3 is 2.37 bits per heavy atom. The predicted octanol–water partition coefficient (Wildman–Crippen LogP) is 2.76. The van der Waals surface area contributed by atoms with E-state index in [4.69, 9.17) is 11.6 Å². The SMILES string of the molecule is OC1(c2ccc(Cl)cc2)CCN(CCCN(CCS)CCNCCS)CC1. The van der Waals surface area contributed by atoms with Crippen molar-refractivity contribution in [1.82, 2.24) is 15.1 Å². The minimum Gasteiger partial charge on any atom is -0.385 e. The van der Waals surface area contributed by atoms with Crippen molar-refractivity contribution in [3.63, 3.8) is 0 Å². The van der Waals surface area contributed by atoms with Crippen LogP contribution in [0.2, 0.25) is 5.02 Å². The van der Waals surface area contributed by atoms with Gasteiger partial charge in [-0.3, -0.25) is 0 Å². The first-order valence-corrected chi connectivity index (χ1v) is 11.6. The molecule has 1 aliphatic heterocycles. The Balaban J connectivity index is 1.69. The molecule has 0 unspecified atom stereocenters. The molecule has 0 aliphatic carbocycles. The highest BCUT2D eigenvalue weighted by Gasteiger charge is 2.33. The summed E-state index contributed by atoms with van der Waals surface area (Å²) < 4.78 is 0. The monoisotopic (exact) mass is 431 g/mol. The molecule has 1 saturated heterocycles. The summed E-state index contributed by atoms with van der Waals surface area (Å²) in [5.74, 6) is 1.77. The van der Waals surface area contributed by atoms with Gasteiger partial charge < -0.3 is 20.2 Å². The molecule has 1 heterocycles. The number of benzene rings is 1. The van der Waals surface area contributed by atoms with E-state index in [2.05, 4.69) is 40.4 Å². The summed E-state index contributed by atoms with van der Waals surface area (Å²) in [6.45, 7) is 8.12. The standard InChI is InChI=1S/C20H34ClN3OS2/c21-19-4-2-18(3-5-19)20(25)6-12-23(13-7-20)10-1-11-24(15-17-27)14-8-22-9-16-26/h2-5,22,25-27H,1,6-17H2. The Bertz CT molecular complexity index is 524. The van der Waals surface area contributed by atoms with Crippen molar-refractivity contribution in [2.45, 2.75) is 24.9 Å². The van der Waals surface area contributed by atoms with Gasteiger partial charge in [-0.1, -0.05) is 23.7 Å². The van der Waals surface area contributed by atoms with E-state index in [1.165, 1.54) is 0 Å². The molecule has 1 aromatic carbocycles. The molecule has 1 aliphatic rings. The predicted molar refractivity (Wildman–Crippen MR) is 123 cm³/mol. The first-order valence-electron chi connectivity index (χ1n) is 9.93. The maximum atomic E-state index is 11.0. The second-order valence-corrected chi connectivity index (χ2v) is 8.60. The Hall–Kier alpha value is 0.0500. The average Bonchev–Trinajstić information content (AvgIpc) is 2.67. The number of piperidine rings is 1. The molecular weight excluding hydrogens is 398 g/mol. The van der Waals surface area contributed by atoms with E-state index in [9.17, 15) is 5.11 Å². The molecule has 0 saturated carbocycles. The van der Waals surface area contributed by atoms with Gasteiger partial charge in [0.1, 0.15) is 0 Å². The lowest BCUT2D eigenvalue weighted by Crippen LogP contribution is -2.43. The van der Waals surface area contributed by atoms with Crippen molar-refractivity contribution in [2.24, 2.45) is 0 Å². The first kappa shape index (κ1) is 23.3. The van der Waals surface area contributed by atoms with Crippen LogP contribution in [0.25, 0.3) is 0 Å². The van der Waals surface area contributed by atoms with Crippen molar-refractivity contribution < 1.29 is 5.11 Å². The number of nitrogens with zero attached hydrogens (tertiary/aromatic N) is 2. The Kier molecular flexibility index (Phi) is 10.9. The second-order valence-electron chi connectivity index (χ2n) is 7.27. The molecule has 4 nitrogen and oxygen atoms in total. The number of nitrogens with one attached hydrogen (secondary N) is 1. The number of likely N-dealkylation sites (tertiary alicyclic amines) is 1. The number of thiol groups is 2. The number of aliphatic hydroxyl groups is 1. The average molecular weight is 432 g/mol. The van der Waals surface area contributed by atoms with Gasteiger partial charge in [0.25, 0.3) is 0 Å². The lowest BCUT2D eigenvalue weighted by molar-refractivity contribution is -0.0263. The molecule has 154 valence electrons. The van der Waals surface area contributed by atoms with Gasteiger partial charge in [0.05, 0.1) is 5.60 Å². The maximum absolute atomic E-state index is 11.0. The fourth-order valence-corrected chi connectivity index (χ4v) is 4.20. The van der Waals surface area contributed by atoms with E-state index < -0.39 is 5.60 Å². The second kappa shape index (κ2) is 12.6. The summed E-state index contributed by atoms with van der Waals surface area (Å²) in [6, 6.07) is 7.63. The van der Waals surface area contributed by atoms with Gasteiger partial charge >= 0.3 is 0 Å². The van der Waals surface area contributed by atoms with Crippen molar-refractivity contribution in [3.05, 3.63) is 34.9 Å². The van der Waals surface area contributed by atoms with Gasteiger partial charge in [-0.05, 0) is 50.0 Å². The van der Waals surface area contributed by atoms with Gasteiger partial charge in [-0.15, -0.1) is 0 Å². The van der Waals surface area contributed by atoms with Crippen LogP contribution >= 0.6 is 36.9 Å². The molecule has 2 rings (SSSR count). The third-order valence-corrected chi connectivity index (χ3v) is 6.00. The quantitative estimate of drug-likeness (QED) is 0.303. The van der Waals surface area contributed by atoms with Crippen molar-refractivity contribution >= 4 is 36.9 Å². The highest BCUT2D eigenvalue weighted by molar-refractivity contribution is 7.80. The third kappa shape index (κ3) is 8.13. The minimum absolute atomic E-state index is 0.711. The van der Waals surface area contributed by atoms with Crippen LogP contribution in [-0.2, 0) is 5.60 Å². The number of halogens is 1. The van der Waals surface area contributed by atoms with Crippen molar-refractivity contribution in [3.8, 4) is 0 Å². The summed E-state index contributed by atoms with van der Waals surface area (Å²) in [5, 5.41) is 15.1. The van der Waals surface area contributed by atoms with Crippen LogP contribution in [0.3, 0.4) is 0 Å². The van der Waals surface area contributed by atoms with Crippen molar-refractivity contribution in [1.29, 1.82) is 0 Å². The van der Waals surface area contributed by atoms with Gasteiger partial charge in [-0.2, -0.15) is 25.3 Å². The fourth-order valence-electron chi connectivity index (χ4n) is 3.63. The lowest BCUT2D eigenvalue weighted by Gasteiger charge is -2.38. The highest BCUT2D eigenvalue weighted by atomic mass is 35.5. The number of rotatable bonds is 12. The van der Waals surface area contributed by atoms with Crippen LogP contribution in [0.15, 0.2) is 24.3 Å². The van der Waals surface area contributed by atoms with E-state index in [-0.39, 0.29) is 0 Å². The van der Waals surface area contributed by atoms with Crippen LogP contribution in [0.4, 0.5) is 0 Å². The maximum Gasteiger partial charge on any atom is 0.0920 e. The minimum atomic E-state index is -0.711. The van der Waals surface area contributed by atoms with Gasteiger partial charge in [0.15, 0.2) is 0 Å². The summed E-state index contributed by atoms with van der Waals surface area (Å²) in [4.78, 5) is 4.95. The van der Waals surface area contributed by atoms with Crippen LogP contribution in [0.1, 0.15) is 24.8 Å². The van der Waals surface area contributed by atoms with E-state index >= 15 is 0 Å². The summed E-state index contributed by atoms with van der Waals surface area (Å²) in [7, 11) is 0. The molecular formula is C20H34ClN3OS2.